The fraction of sp³-hybridized carbons (Fsp3) is 0.905. The number of rotatable bonds is 18. The molecule has 8 heteroatoms. The minimum absolute atomic E-state index is 0.0195. The van der Waals surface area contributed by atoms with Gasteiger partial charge in [-0.15, -0.1) is 0 Å². The molecule has 0 aliphatic heterocycles. The fourth-order valence-corrected chi connectivity index (χ4v) is 3.02. The molecule has 0 heterocycles. The van der Waals surface area contributed by atoms with Crippen LogP contribution in [0.15, 0.2) is 0 Å². The first-order valence-corrected chi connectivity index (χ1v) is 10.7. The number of nitrogens with zero attached hydrogens (tertiary/aromatic N) is 2. The monoisotopic (exact) mass is 417 g/mol. The molecule has 1 N–H and O–H groups in total. The Bertz CT molecular complexity index is 435. The molecule has 8 nitrogen and oxygen atoms in total. The molecule has 0 aliphatic carbocycles. The van der Waals surface area contributed by atoms with Crippen LogP contribution in [0.4, 0.5) is 0 Å². The zero-order chi connectivity index (χ0) is 22.1. The molecule has 0 aromatic carbocycles. The molecule has 0 radical (unpaired) electrons. The minimum Gasteiger partial charge on any atom is -0.382 e. The van der Waals surface area contributed by atoms with Crippen LogP contribution in [0.25, 0.3) is 0 Å². The van der Waals surface area contributed by atoms with Gasteiger partial charge in [-0.1, -0.05) is 26.7 Å². The summed E-state index contributed by atoms with van der Waals surface area (Å²) >= 11 is 0. The van der Waals surface area contributed by atoms with E-state index in [9.17, 15) is 9.59 Å². The van der Waals surface area contributed by atoms with Crippen molar-refractivity contribution in [2.75, 3.05) is 74.4 Å². The van der Waals surface area contributed by atoms with Crippen LogP contribution in [-0.2, 0) is 23.8 Å². The van der Waals surface area contributed by atoms with Crippen LogP contribution in [0.3, 0.4) is 0 Å². The van der Waals surface area contributed by atoms with Gasteiger partial charge in [-0.3, -0.25) is 9.59 Å². The van der Waals surface area contributed by atoms with Crippen molar-refractivity contribution in [2.45, 2.75) is 45.6 Å². The molecule has 0 aliphatic rings. The topological polar surface area (TPSA) is 80.3 Å². The fourth-order valence-electron chi connectivity index (χ4n) is 3.02. The summed E-state index contributed by atoms with van der Waals surface area (Å²) < 4.78 is 15.6. The van der Waals surface area contributed by atoms with E-state index >= 15 is 0 Å². The van der Waals surface area contributed by atoms with Crippen molar-refractivity contribution in [3.05, 3.63) is 0 Å². The molecule has 1 atom stereocenters. The lowest BCUT2D eigenvalue weighted by Crippen LogP contribution is -2.52. The van der Waals surface area contributed by atoms with E-state index in [0.29, 0.717) is 33.0 Å². The lowest BCUT2D eigenvalue weighted by Gasteiger charge is -2.33. The van der Waals surface area contributed by atoms with Crippen LogP contribution >= 0.6 is 0 Å². The molecule has 0 fully saturated rings. The van der Waals surface area contributed by atoms with Gasteiger partial charge < -0.3 is 29.3 Å². The summed E-state index contributed by atoms with van der Waals surface area (Å²) in [5.41, 5.74) is 0. The first kappa shape index (κ1) is 27.8. The third-order valence-corrected chi connectivity index (χ3v) is 4.77. The van der Waals surface area contributed by atoms with E-state index in [1.54, 1.807) is 19.1 Å². The van der Waals surface area contributed by atoms with E-state index in [4.69, 9.17) is 14.2 Å². The normalized spacial score (nSPS) is 12.2. The first-order valence-electron chi connectivity index (χ1n) is 10.7. The third kappa shape index (κ3) is 12.8. The summed E-state index contributed by atoms with van der Waals surface area (Å²) in [6, 6.07) is -0.488. The summed E-state index contributed by atoms with van der Waals surface area (Å²) in [6.45, 7) is 7.36. The Labute approximate surface area is 177 Å². The highest BCUT2D eigenvalue weighted by Gasteiger charge is 2.31. The summed E-state index contributed by atoms with van der Waals surface area (Å²) in [5.74, 6) is -0.199. The van der Waals surface area contributed by atoms with E-state index in [2.05, 4.69) is 5.32 Å². The molecule has 0 saturated heterocycles. The SMILES string of the molecule is CNCCCCCCN(C)C(=O)C(C(C)C)N(C)C(=O)COCCOCCOC. The number of amides is 2. The number of carbonyl (C=O) groups excluding carboxylic acids is 2. The number of carbonyl (C=O) groups is 2. The molecule has 29 heavy (non-hydrogen) atoms. The van der Waals surface area contributed by atoms with Crippen LogP contribution in [0, 0.1) is 5.92 Å². The number of likely N-dealkylation sites (N-methyl/N-ethyl adjacent to an activating group) is 2. The van der Waals surface area contributed by atoms with Crippen LogP contribution < -0.4 is 5.32 Å². The number of unbranched alkanes of at least 4 members (excludes halogenated alkanes) is 3. The number of nitrogens with one attached hydrogen (secondary N) is 1. The summed E-state index contributed by atoms with van der Waals surface area (Å²) in [5, 5.41) is 3.14. The molecule has 0 spiro atoms. The smallest absolute Gasteiger partial charge is 0.249 e. The van der Waals surface area contributed by atoms with Crippen LogP contribution in [0.5, 0.6) is 0 Å². The molecule has 172 valence electrons. The quantitative estimate of drug-likeness (QED) is 0.340. The van der Waals surface area contributed by atoms with Gasteiger partial charge in [0.15, 0.2) is 0 Å². The van der Waals surface area contributed by atoms with Crippen molar-refractivity contribution in [2.24, 2.45) is 5.92 Å². The first-order chi connectivity index (χ1) is 13.9. The van der Waals surface area contributed by atoms with Gasteiger partial charge in [-0.05, 0) is 32.4 Å². The van der Waals surface area contributed by atoms with E-state index in [-0.39, 0.29) is 24.3 Å². The largest absolute Gasteiger partial charge is 0.382 e. The average molecular weight is 418 g/mol. The highest BCUT2D eigenvalue weighted by atomic mass is 16.5. The highest BCUT2D eigenvalue weighted by Crippen LogP contribution is 2.13. The molecule has 0 saturated carbocycles. The van der Waals surface area contributed by atoms with Crippen molar-refractivity contribution in [1.82, 2.24) is 15.1 Å². The van der Waals surface area contributed by atoms with Crippen LogP contribution in [0.2, 0.25) is 0 Å². The number of hydrogen-bond acceptors (Lipinski definition) is 6. The van der Waals surface area contributed by atoms with Crippen LogP contribution in [0.1, 0.15) is 39.5 Å². The van der Waals surface area contributed by atoms with Gasteiger partial charge in [0.1, 0.15) is 12.6 Å². The maximum Gasteiger partial charge on any atom is 0.249 e. The Morgan fingerprint density at radius 2 is 1.55 bits per heavy atom. The minimum atomic E-state index is -0.488. The van der Waals surface area contributed by atoms with Gasteiger partial charge in [0.05, 0.1) is 26.4 Å². The number of hydrogen-bond donors (Lipinski definition) is 1. The lowest BCUT2D eigenvalue weighted by atomic mass is 10.0. The van der Waals surface area contributed by atoms with Gasteiger partial charge in [0.2, 0.25) is 11.8 Å². The van der Waals surface area contributed by atoms with Crippen molar-refractivity contribution in [1.29, 1.82) is 0 Å². The van der Waals surface area contributed by atoms with Gasteiger partial charge >= 0.3 is 0 Å². The molecule has 1 unspecified atom stereocenters. The molecule has 0 bridgehead atoms. The highest BCUT2D eigenvalue weighted by molar-refractivity contribution is 5.88. The van der Waals surface area contributed by atoms with E-state index in [1.165, 1.54) is 4.90 Å². The second-order valence-corrected chi connectivity index (χ2v) is 7.63. The van der Waals surface area contributed by atoms with Gasteiger partial charge in [0, 0.05) is 27.7 Å². The molecule has 0 aromatic rings. The van der Waals surface area contributed by atoms with Crippen molar-refractivity contribution in [3.8, 4) is 0 Å². The van der Waals surface area contributed by atoms with Crippen LogP contribution in [-0.4, -0.2) is 102 Å². The zero-order valence-electron chi connectivity index (χ0n) is 19.4. The maximum atomic E-state index is 12.9. The average Bonchev–Trinajstić information content (AvgIpc) is 2.69. The van der Waals surface area contributed by atoms with E-state index < -0.39 is 6.04 Å². The van der Waals surface area contributed by atoms with Crippen molar-refractivity contribution >= 4 is 11.8 Å². The molecule has 0 aromatic heterocycles. The standard InChI is InChI=1S/C21H43N3O5/c1-18(2)20(21(26)23(4)12-10-8-7-9-11-22-3)24(5)19(25)17-29-16-15-28-14-13-27-6/h18,20,22H,7-17H2,1-6H3. The van der Waals surface area contributed by atoms with Gasteiger partial charge in [-0.25, -0.2) is 0 Å². The Hall–Kier alpha value is -1.22. The predicted molar refractivity (Wildman–Crippen MR) is 115 cm³/mol. The second-order valence-electron chi connectivity index (χ2n) is 7.63. The molecular weight excluding hydrogens is 374 g/mol. The number of ether oxygens (including phenoxy) is 3. The van der Waals surface area contributed by atoms with Crippen molar-refractivity contribution < 1.29 is 23.8 Å². The third-order valence-electron chi connectivity index (χ3n) is 4.77. The summed E-state index contributed by atoms with van der Waals surface area (Å²) in [7, 11) is 7.06. The van der Waals surface area contributed by atoms with E-state index in [1.807, 2.05) is 27.9 Å². The molecular formula is C21H43N3O5. The second kappa shape index (κ2) is 17.6. The zero-order valence-corrected chi connectivity index (χ0v) is 19.4. The van der Waals surface area contributed by atoms with E-state index in [0.717, 1.165) is 32.2 Å². The Balaban J connectivity index is 4.35. The predicted octanol–water partition coefficient (Wildman–Crippen LogP) is 1.39. The van der Waals surface area contributed by atoms with Gasteiger partial charge in [0.25, 0.3) is 0 Å². The van der Waals surface area contributed by atoms with Gasteiger partial charge in [-0.2, -0.15) is 0 Å². The summed E-state index contributed by atoms with van der Waals surface area (Å²) in [6.07, 6.45) is 4.38. The Kier molecular flexibility index (Phi) is 16.9. The Morgan fingerprint density at radius 1 is 0.931 bits per heavy atom. The lowest BCUT2D eigenvalue weighted by molar-refractivity contribution is -0.148. The maximum absolute atomic E-state index is 12.9. The van der Waals surface area contributed by atoms with Crippen molar-refractivity contribution in [3.63, 3.8) is 0 Å². The molecule has 0 rings (SSSR count). The number of methoxy groups -OCH3 is 1. The summed E-state index contributed by atoms with van der Waals surface area (Å²) in [4.78, 5) is 28.7. The Morgan fingerprint density at radius 3 is 2.17 bits per heavy atom. The molecule has 2 amide bonds.